The van der Waals surface area contributed by atoms with Gasteiger partial charge in [-0.3, -0.25) is 0 Å². The van der Waals surface area contributed by atoms with Gasteiger partial charge in [-0.15, -0.1) is 0 Å². The third-order valence-corrected chi connectivity index (χ3v) is 6.19. The van der Waals surface area contributed by atoms with E-state index in [-0.39, 0.29) is 9.52 Å². The summed E-state index contributed by atoms with van der Waals surface area (Å²) in [6, 6.07) is 12.2. The normalized spacial score (nSPS) is 20.9. The molecule has 0 heterocycles. The van der Waals surface area contributed by atoms with Crippen molar-refractivity contribution in [1.29, 1.82) is 0 Å². The summed E-state index contributed by atoms with van der Waals surface area (Å²) in [7, 11) is -0.110. The second kappa shape index (κ2) is 4.83. The third kappa shape index (κ3) is 2.35. The minimum absolute atomic E-state index is 0.110. The zero-order chi connectivity index (χ0) is 11.5. The first kappa shape index (κ1) is 11.4. The van der Waals surface area contributed by atoms with Crippen LogP contribution in [0.25, 0.3) is 0 Å². The van der Waals surface area contributed by atoms with Gasteiger partial charge in [0.05, 0.1) is 9.52 Å². The van der Waals surface area contributed by atoms with Gasteiger partial charge in [-0.05, 0) is 25.8 Å². The average molecular weight is 228 g/mol. The van der Waals surface area contributed by atoms with E-state index in [1.165, 1.54) is 17.2 Å². The molecule has 1 atom stereocenters. The first-order chi connectivity index (χ1) is 7.68. The van der Waals surface area contributed by atoms with E-state index in [1.807, 2.05) is 0 Å². The molecule has 1 aliphatic rings. The quantitative estimate of drug-likeness (QED) is 0.697. The fourth-order valence-electron chi connectivity index (χ4n) is 2.53. The van der Waals surface area contributed by atoms with Gasteiger partial charge in [0.1, 0.15) is 0 Å². The lowest BCUT2D eigenvalue weighted by atomic mass is 10.2. The smallest absolute Gasteiger partial charge is 0.0550 e. The molecule has 0 radical (unpaired) electrons. The van der Waals surface area contributed by atoms with Crippen LogP contribution in [0.3, 0.4) is 0 Å². The predicted molar refractivity (Wildman–Crippen MR) is 74.3 cm³/mol. The summed E-state index contributed by atoms with van der Waals surface area (Å²) in [6.07, 6.45) is 2.42. The van der Waals surface area contributed by atoms with Gasteiger partial charge in [-0.2, -0.15) is 0 Å². The zero-order valence-electron chi connectivity index (χ0n) is 10.5. The van der Waals surface area contributed by atoms with Crippen LogP contribution >= 0.6 is 0 Å². The lowest BCUT2D eigenvalue weighted by molar-refractivity contribution is 0.925. The van der Waals surface area contributed by atoms with Crippen molar-refractivity contribution in [2.75, 3.05) is 0 Å². The number of allylic oxidation sites excluding steroid dienone is 4. The Hall–Kier alpha value is -1.08. The average Bonchev–Trinajstić information content (AvgIpc) is 2.53. The van der Waals surface area contributed by atoms with Crippen molar-refractivity contribution in [3.8, 4) is 0 Å². The number of hydrogen-bond acceptors (Lipinski definition) is 0. The molecule has 0 saturated heterocycles. The molecular formula is C15H20Si. The van der Waals surface area contributed by atoms with Crippen LogP contribution in [0.15, 0.2) is 52.8 Å². The van der Waals surface area contributed by atoms with E-state index in [2.05, 4.69) is 57.2 Å². The third-order valence-electron chi connectivity index (χ3n) is 3.65. The summed E-state index contributed by atoms with van der Waals surface area (Å²) < 4.78 is 0. The molecule has 2 rings (SSSR count). The molecule has 1 heteroatoms. The van der Waals surface area contributed by atoms with E-state index in [9.17, 15) is 0 Å². The predicted octanol–water partition coefficient (Wildman–Crippen LogP) is 3.23. The Balaban J connectivity index is 2.03. The molecule has 0 N–H and O–H groups in total. The van der Waals surface area contributed by atoms with Crippen LogP contribution in [0.2, 0.25) is 0 Å². The minimum atomic E-state index is -0.110. The van der Waals surface area contributed by atoms with Crippen LogP contribution in [0.4, 0.5) is 0 Å². The Labute approximate surface area is 101 Å². The molecule has 84 valence electrons. The van der Waals surface area contributed by atoms with E-state index < -0.39 is 0 Å². The molecule has 1 unspecified atom stereocenters. The van der Waals surface area contributed by atoms with Crippen molar-refractivity contribution in [3.63, 3.8) is 0 Å². The molecule has 0 bridgehead atoms. The van der Waals surface area contributed by atoms with Crippen LogP contribution in [0, 0.1) is 5.92 Å². The second-order valence-electron chi connectivity index (χ2n) is 4.77. The van der Waals surface area contributed by atoms with Gasteiger partial charge < -0.3 is 0 Å². The molecule has 1 aliphatic carbocycles. The van der Waals surface area contributed by atoms with Crippen molar-refractivity contribution in [2.45, 2.75) is 26.8 Å². The number of rotatable bonds is 3. The van der Waals surface area contributed by atoms with Crippen LogP contribution in [-0.2, 0) is 6.04 Å². The van der Waals surface area contributed by atoms with Gasteiger partial charge in [0.2, 0.25) is 0 Å². The van der Waals surface area contributed by atoms with Gasteiger partial charge in [-0.1, -0.05) is 65.2 Å². The molecule has 1 aromatic carbocycles. The highest BCUT2D eigenvalue weighted by molar-refractivity contribution is 6.45. The van der Waals surface area contributed by atoms with Crippen LogP contribution in [0.1, 0.15) is 26.3 Å². The van der Waals surface area contributed by atoms with Crippen LogP contribution in [-0.4, -0.2) is 9.52 Å². The molecule has 0 amide bonds. The van der Waals surface area contributed by atoms with Crippen molar-refractivity contribution in [3.05, 3.63) is 58.3 Å². The summed E-state index contributed by atoms with van der Waals surface area (Å²) >= 11 is 0. The van der Waals surface area contributed by atoms with Gasteiger partial charge >= 0.3 is 0 Å². The van der Waals surface area contributed by atoms with E-state index in [0.29, 0.717) is 5.92 Å². The summed E-state index contributed by atoms with van der Waals surface area (Å²) in [4.78, 5) is 0. The molecule has 0 nitrogen and oxygen atoms in total. The van der Waals surface area contributed by atoms with Crippen molar-refractivity contribution >= 4 is 9.52 Å². The second-order valence-corrected chi connectivity index (χ2v) is 6.54. The van der Waals surface area contributed by atoms with Crippen LogP contribution in [0.5, 0.6) is 0 Å². The summed E-state index contributed by atoms with van der Waals surface area (Å²) in [5.74, 6) is 0.704. The Morgan fingerprint density at radius 3 is 2.38 bits per heavy atom. The molecule has 0 aliphatic heterocycles. The maximum atomic E-state index is 2.42. The fourth-order valence-corrected chi connectivity index (χ4v) is 4.65. The summed E-state index contributed by atoms with van der Waals surface area (Å²) in [6.45, 7) is 6.88. The summed E-state index contributed by atoms with van der Waals surface area (Å²) in [5, 5.41) is 1.77. The Kier molecular flexibility index (Phi) is 3.45. The van der Waals surface area contributed by atoms with Crippen molar-refractivity contribution in [1.82, 2.24) is 0 Å². The largest absolute Gasteiger partial charge is 0.0781 e. The van der Waals surface area contributed by atoms with Gasteiger partial charge in [-0.25, -0.2) is 0 Å². The summed E-state index contributed by atoms with van der Waals surface area (Å²) in [5.41, 5.74) is 4.59. The van der Waals surface area contributed by atoms with Crippen molar-refractivity contribution < 1.29 is 0 Å². The number of benzene rings is 1. The molecule has 0 saturated carbocycles. The van der Waals surface area contributed by atoms with Gasteiger partial charge in [0.15, 0.2) is 0 Å². The standard InChI is InChI=1S/C15H20Si/c1-11-9-12(2)15(13(11)3)16-10-14-7-5-4-6-8-14/h4-9,12H,10,16H2,1-3H3. The highest BCUT2D eigenvalue weighted by atomic mass is 28.2. The maximum absolute atomic E-state index is 2.42. The Morgan fingerprint density at radius 1 is 1.12 bits per heavy atom. The van der Waals surface area contributed by atoms with E-state index >= 15 is 0 Å². The lowest BCUT2D eigenvalue weighted by Gasteiger charge is -2.09. The fraction of sp³-hybridized carbons (Fsp3) is 0.333. The molecule has 0 spiro atoms. The SMILES string of the molecule is CC1=CC(C)C([SiH2]Cc2ccccc2)=C1C. The highest BCUT2D eigenvalue weighted by Crippen LogP contribution is 2.29. The van der Waals surface area contributed by atoms with E-state index in [4.69, 9.17) is 0 Å². The van der Waals surface area contributed by atoms with E-state index in [0.717, 1.165) is 0 Å². The van der Waals surface area contributed by atoms with Gasteiger partial charge in [0, 0.05) is 0 Å². The molecule has 16 heavy (non-hydrogen) atoms. The molecule has 1 aromatic rings. The molecule has 0 aromatic heterocycles. The molecule has 0 fully saturated rings. The maximum Gasteiger partial charge on any atom is 0.0550 e. The zero-order valence-corrected chi connectivity index (χ0v) is 11.9. The highest BCUT2D eigenvalue weighted by Gasteiger charge is 2.17. The van der Waals surface area contributed by atoms with Crippen molar-refractivity contribution in [2.24, 2.45) is 5.92 Å². The van der Waals surface area contributed by atoms with E-state index in [1.54, 1.807) is 10.8 Å². The first-order valence-electron chi connectivity index (χ1n) is 6.11. The monoisotopic (exact) mass is 228 g/mol. The lowest BCUT2D eigenvalue weighted by Crippen LogP contribution is -2.07. The molecular weight excluding hydrogens is 208 g/mol. The minimum Gasteiger partial charge on any atom is -0.0781 e. The Bertz CT molecular complexity index is 426. The first-order valence-corrected chi connectivity index (χ1v) is 7.81. The van der Waals surface area contributed by atoms with Gasteiger partial charge in [0.25, 0.3) is 0 Å². The topological polar surface area (TPSA) is 0 Å². The Morgan fingerprint density at radius 2 is 1.81 bits per heavy atom. The number of hydrogen-bond donors (Lipinski definition) is 0. The van der Waals surface area contributed by atoms with Crippen LogP contribution < -0.4 is 0 Å².